The first-order valence-electron chi connectivity index (χ1n) is 6.88. The summed E-state index contributed by atoms with van der Waals surface area (Å²) in [6.45, 7) is 2.45. The van der Waals surface area contributed by atoms with Gasteiger partial charge in [-0.15, -0.1) is 0 Å². The van der Waals surface area contributed by atoms with Crippen LogP contribution < -0.4 is 5.32 Å². The van der Waals surface area contributed by atoms with Gasteiger partial charge in [-0.25, -0.2) is 0 Å². The Hall–Kier alpha value is -0.800. The van der Waals surface area contributed by atoms with Crippen LogP contribution >= 0.6 is 0 Å². The van der Waals surface area contributed by atoms with Crippen molar-refractivity contribution in [1.29, 1.82) is 0 Å². The molecule has 0 aromatic carbocycles. The minimum Gasteiger partial charge on any atom is -0.396 e. The van der Waals surface area contributed by atoms with E-state index in [-0.39, 0.29) is 0 Å². The summed E-state index contributed by atoms with van der Waals surface area (Å²) in [5.74, 6) is 0. The number of hydrogen-bond donors (Lipinski definition) is 2. The largest absolute Gasteiger partial charge is 0.396 e. The van der Waals surface area contributed by atoms with Gasteiger partial charge in [0, 0.05) is 37.6 Å². The van der Waals surface area contributed by atoms with Gasteiger partial charge in [0.25, 0.3) is 0 Å². The summed E-state index contributed by atoms with van der Waals surface area (Å²) in [6, 6.07) is 5.13. The zero-order valence-electron chi connectivity index (χ0n) is 10.6. The number of rotatable bonds is 9. The fourth-order valence-electron chi connectivity index (χ4n) is 2.11. The maximum atomic E-state index is 8.71. The van der Waals surface area contributed by atoms with Crippen LogP contribution in [0.1, 0.15) is 44.2 Å². The molecule has 0 atom stereocenters. The Morgan fingerprint density at radius 1 is 1.24 bits per heavy atom. The number of hydrogen-bond acceptors (Lipinski definition) is 2. The third-order valence-electron chi connectivity index (χ3n) is 3.38. The van der Waals surface area contributed by atoms with Gasteiger partial charge >= 0.3 is 0 Å². The maximum absolute atomic E-state index is 8.71. The molecule has 1 saturated carbocycles. The summed E-state index contributed by atoms with van der Waals surface area (Å²) >= 11 is 0. The first kappa shape index (κ1) is 12.7. The number of nitrogens with zero attached hydrogens (tertiary/aromatic N) is 1. The normalized spacial score (nSPS) is 15.4. The second-order valence-electron chi connectivity index (χ2n) is 4.99. The van der Waals surface area contributed by atoms with Gasteiger partial charge in [-0.3, -0.25) is 0 Å². The van der Waals surface area contributed by atoms with E-state index in [1.165, 1.54) is 31.4 Å². The van der Waals surface area contributed by atoms with E-state index < -0.39 is 0 Å². The average molecular weight is 236 g/mol. The molecule has 0 unspecified atom stereocenters. The van der Waals surface area contributed by atoms with Crippen LogP contribution in [-0.4, -0.2) is 22.3 Å². The quantitative estimate of drug-likeness (QED) is 0.646. The van der Waals surface area contributed by atoms with E-state index in [0.29, 0.717) is 6.61 Å². The molecule has 1 fully saturated rings. The molecule has 0 radical (unpaired) electrons. The molecule has 3 heteroatoms. The van der Waals surface area contributed by atoms with Gasteiger partial charge < -0.3 is 15.0 Å². The summed E-state index contributed by atoms with van der Waals surface area (Å²) in [4.78, 5) is 0. The smallest absolute Gasteiger partial charge is 0.0431 e. The first-order chi connectivity index (χ1) is 8.40. The maximum Gasteiger partial charge on any atom is 0.0431 e. The van der Waals surface area contributed by atoms with Crippen LogP contribution in [0.25, 0.3) is 0 Å². The molecule has 3 nitrogen and oxygen atoms in total. The molecule has 1 aromatic rings. The van der Waals surface area contributed by atoms with Crippen molar-refractivity contribution < 1.29 is 5.11 Å². The highest BCUT2D eigenvalue weighted by molar-refractivity contribution is 5.07. The molecule has 0 amide bonds. The van der Waals surface area contributed by atoms with Crippen LogP contribution in [0.3, 0.4) is 0 Å². The lowest BCUT2D eigenvalue weighted by Crippen LogP contribution is -2.18. The van der Waals surface area contributed by atoms with Crippen molar-refractivity contribution in [3.63, 3.8) is 0 Å². The monoisotopic (exact) mass is 236 g/mol. The molecular formula is C14H24N2O. The molecular weight excluding hydrogens is 212 g/mol. The van der Waals surface area contributed by atoms with Crippen LogP contribution in [0.5, 0.6) is 0 Å². The topological polar surface area (TPSA) is 37.2 Å². The molecule has 2 N–H and O–H groups in total. The van der Waals surface area contributed by atoms with Gasteiger partial charge in [0.1, 0.15) is 0 Å². The zero-order chi connectivity index (χ0) is 11.9. The molecule has 0 bridgehead atoms. The number of aliphatic hydroxyl groups is 1. The third-order valence-corrected chi connectivity index (χ3v) is 3.38. The Bertz CT molecular complexity index is 318. The number of aliphatic hydroxyl groups excluding tert-OH is 1. The highest BCUT2D eigenvalue weighted by Gasteiger charge is 2.20. The average Bonchev–Trinajstić information content (AvgIpc) is 3.06. The fraction of sp³-hybridized carbons (Fsp3) is 0.714. The Morgan fingerprint density at radius 2 is 2.06 bits per heavy atom. The second kappa shape index (κ2) is 6.82. The van der Waals surface area contributed by atoms with E-state index in [4.69, 9.17) is 5.11 Å². The van der Waals surface area contributed by atoms with E-state index in [1.807, 2.05) is 0 Å². The van der Waals surface area contributed by atoms with Crippen LogP contribution in [0.2, 0.25) is 0 Å². The summed E-state index contributed by atoms with van der Waals surface area (Å²) in [6.07, 6.45) is 9.40. The molecule has 1 aliphatic carbocycles. The van der Waals surface area contributed by atoms with Crippen LogP contribution in [0.15, 0.2) is 18.3 Å². The van der Waals surface area contributed by atoms with E-state index in [1.54, 1.807) is 0 Å². The summed E-state index contributed by atoms with van der Waals surface area (Å²) in [5, 5.41) is 12.3. The number of aryl methyl sites for hydroxylation is 1. The van der Waals surface area contributed by atoms with E-state index >= 15 is 0 Å². The molecule has 0 aliphatic heterocycles. The molecule has 1 aliphatic rings. The number of aromatic nitrogens is 1. The number of nitrogens with one attached hydrogen (secondary N) is 1. The van der Waals surface area contributed by atoms with Crippen LogP contribution in [0.4, 0.5) is 0 Å². The van der Waals surface area contributed by atoms with E-state index in [2.05, 4.69) is 28.2 Å². The summed E-state index contributed by atoms with van der Waals surface area (Å²) in [5.41, 5.74) is 1.40. The van der Waals surface area contributed by atoms with Crippen molar-refractivity contribution >= 4 is 0 Å². The zero-order valence-corrected chi connectivity index (χ0v) is 10.6. The highest BCUT2D eigenvalue weighted by atomic mass is 16.2. The molecule has 0 saturated heterocycles. The third kappa shape index (κ3) is 4.52. The molecule has 0 spiro atoms. The van der Waals surface area contributed by atoms with Gasteiger partial charge in [0.05, 0.1) is 0 Å². The van der Waals surface area contributed by atoms with Gasteiger partial charge in [-0.05, 0) is 37.8 Å². The Labute approximate surface area is 104 Å². The molecule has 96 valence electrons. The fourth-order valence-corrected chi connectivity index (χ4v) is 2.11. The lowest BCUT2D eigenvalue weighted by atomic mass is 10.2. The SMILES string of the molecule is OCCCCCCn1cccc1CNC1CC1. The summed E-state index contributed by atoms with van der Waals surface area (Å²) in [7, 11) is 0. The predicted molar refractivity (Wildman–Crippen MR) is 69.8 cm³/mol. The molecule has 1 aromatic heterocycles. The molecule has 1 heterocycles. The van der Waals surface area contributed by atoms with Gasteiger partial charge in [0.2, 0.25) is 0 Å². The van der Waals surface area contributed by atoms with E-state index in [9.17, 15) is 0 Å². The summed E-state index contributed by atoms with van der Waals surface area (Å²) < 4.78 is 2.36. The van der Waals surface area contributed by atoms with Gasteiger partial charge in [-0.1, -0.05) is 12.8 Å². The van der Waals surface area contributed by atoms with Gasteiger partial charge in [-0.2, -0.15) is 0 Å². The van der Waals surface area contributed by atoms with E-state index in [0.717, 1.165) is 32.0 Å². The van der Waals surface area contributed by atoms with Crippen molar-refractivity contribution in [2.24, 2.45) is 0 Å². The van der Waals surface area contributed by atoms with Crippen molar-refractivity contribution in [1.82, 2.24) is 9.88 Å². The van der Waals surface area contributed by atoms with Crippen LogP contribution in [0, 0.1) is 0 Å². The minimum absolute atomic E-state index is 0.333. The Balaban J connectivity index is 1.66. The second-order valence-corrected chi connectivity index (χ2v) is 4.99. The Morgan fingerprint density at radius 3 is 2.82 bits per heavy atom. The van der Waals surface area contributed by atoms with Crippen molar-refractivity contribution in [3.8, 4) is 0 Å². The molecule has 17 heavy (non-hydrogen) atoms. The van der Waals surface area contributed by atoms with Crippen LogP contribution in [-0.2, 0) is 13.1 Å². The molecule has 2 rings (SSSR count). The first-order valence-corrected chi connectivity index (χ1v) is 6.88. The highest BCUT2D eigenvalue weighted by Crippen LogP contribution is 2.19. The van der Waals surface area contributed by atoms with Crippen molar-refractivity contribution in [3.05, 3.63) is 24.0 Å². The Kier molecular flexibility index (Phi) is 5.08. The minimum atomic E-state index is 0.333. The van der Waals surface area contributed by atoms with Gasteiger partial charge in [0.15, 0.2) is 0 Å². The lowest BCUT2D eigenvalue weighted by Gasteiger charge is -2.09. The lowest BCUT2D eigenvalue weighted by molar-refractivity contribution is 0.282. The van der Waals surface area contributed by atoms with Crippen molar-refractivity contribution in [2.75, 3.05) is 6.61 Å². The standard InChI is InChI=1S/C14H24N2O/c17-11-4-2-1-3-9-16-10-5-6-14(16)12-15-13-7-8-13/h5-6,10,13,15,17H,1-4,7-9,11-12H2. The predicted octanol–water partition coefficient (Wildman–Crippen LogP) is 2.29. The number of unbranched alkanes of at least 4 members (excludes halogenated alkanes) is 3. The van der Waals surface area contributed by atoms with Crippen molar-refractivity contribution in [2.45, 2.75) is 57.7 Å².